The first-order chi connectivity index (χ1) is 14.4. The van der Waals surface area contributed by atoms with Crippen LogP contribution in [0.4, 0.5) is 32.0 Å². The van der Waals surface area contributed by atoms with Crippen molar-refractivity contribution in [1.29, 1.82) is 0 Å². The Bertz CT molecular complexity index is 985. The van der Waals surface area contributed by atoms with Crippen LogP contribution in [0.2, 0.25) is 5.02 Å². The van der Waals surface area contributed by atoms with E-state index in [1.165, 1.54) is 11.2 Å². The van der Waals surface area contributed by atoms with Gasteiger partial charge in [0.05, 0.1) is 28.2 Å². The van der Waals surface area contributed by atoms with E-state index in [1.54, 1.807) is 19.1 Å². The van der Waals surface area contributed by atoms with Gasteiger partial charge in [-0.2, -0.15) is 26.3 Å². The lowest BCUT2D eigenvalue weighted by Gasteiger charge is -2.26. The maximum atomic E-state index is 13.4. The molecule has 0 atom stereocenters. The summed E-state index contributed by atoms with van der Waals surface area (Å²) < 4.78 is 80.2. The van der Waals surface area contributed by atoms with Crippen molar-refractivity contribution in [3.63, 3.8) is 0 Å². The van der Waals surface area contributed by atoms with E-state index in [1.807, 2.05) is 6.92 Å². The molecule has 0 aliphatic carbocycles. The minimum atomic E-state index is -4.96. The van der Waals surface area contributed by atoms with Gasteiger partial charge in [0.15, 0.2) is 0 Å². The second-order valence-corrected chi connectivity index (χ2v) is 7.62. The molecule has 166 valence electrons. The smallest absolute Gasteiger partial charge is 0.317 e. The van der Waals surface area contributed by atoms with Crippen LogP contribution in [0, 0.1) is 13.8 Å². The van der Waals surface area contributed by atoms with Crippen molar-refractivity contribution >= 4 is 29.5 Å². The summed E-state index contributed by atoms with van der Waals surface area (Å²) in [6.45, 7) is 4.37. The van der Waals surface area contributed by atoms with Crippen LogP contribution in [0.25, 0.3) is 0 Å². The maximum Gasteiger partial charge on any atom is 0.416 e. The molecule has 0 aromatic heterocycles. The zero-order valence-electron chi connectivity index (χ0n) is 16.6. The van der Waals surface area contributed by atoms with E-state index < -0.39 is 23.5 Å². The molecule has 2 aromatic carbocycles. The lowest BCUT2D eigenvalue weighted by atomic mass is 10.0. The van der Waals surface area contributed by atoms with Gasteiger partial charge in [-0.25, -0.2) is 4.99 Å². The van der Waals surface area contributed by atoms with Crippen LogP contribution >= 0.6 is 11.6 Å². The topological polar surface area (TPSA) is 28.0 Å². The number of alkyl halides is 6. The molecule has 0 N–H and O–H groups in total. The standard InChI is InChI=1S/C21H18ClF6N3/c1-12-6-13(2)18(17(22)7-12)30-19(31-5-3-4-29-11-31)14-8-15(20(23,24)25)10-16(9-14)21(26,27)28/h6-11H,3-5H2,1-2H3/b30-19-. The number of hydrogen-bond donors (Lipinski definition) is 0. The molecule has 3 rings (SSSR count). The highest BCUT2D eigenvalue weighted by Gasteiger charge is 2.37. The fourth-order valence-electron chi connectivity index (χ4n) is 3.24. The molecular formula is C21H18ClF6N3. The number of hydrogen-bond acceptors (Lipinski definition) is 2. The van der Waals surface area contributed by atoms with Crippen molar-refractivity contribution in [3.05, 3.63) is 63.2 Å². The molecule has 0 saturated carbocycles. The Morgan fingerprint density at radius 2 is 1.58 bits per heavy atom. The monoisotopic (exact) mass is 461 g/mol. The van der Waals surface area contributed by atoms with Crippen LogP contribution < -0.4 is 0 Å². The quantitative estimate of drug-likeness (QED) is 0.274. The molecular weight excluding hydrogens is 444 g/mol. The summed E-state index contributed by atoms with van der Waals surface area (Å²) in [7, 11) is 0. The van der Waals surface area contributed by atoms with Crippen molar-refractivity contribution in [1.82, 2.24) is 4.90 Å². The minimum Gasteiger partial charge on any atom is -0.317 e. The number of rotatable bonds is 2. The summed E-state index contributed by atoms with van der Waals surface area (Å²) >= 11 is 6.29. The molecule has 2 aromatic rings. The van der Waals surface area contributed by atoms with Gasteiger partial charge in [-0.05, 0) is 55.7 Å². The average Bonchev–Trinajstić information content (AvgIpc) is 2.66. The molecule has 10 heteroatoms. The summed E-state index contributed by atoms with van der Waals surface area (Å²) in [5.41, 5.74) is -1.39. The number of halogens is 7. The van der Waals surface area contributed by atoms with Crippen LogP contribution in [0.5, 0.6) is 0 Å². The number of aryl methyl sites for hydroxylation is 2. The van der Waals surface area contributed by atoms with E-state index in [4.69, 9.17) is 11.6 Å². The number of benzene rings is 2. The number of nitrogens with zero attached hydrogens (tertiary/aromatic N) is 3. The molecule has 0 fully saturated rings. The largest absolute Gasteiger partial charge is 0.416 e. The van der Waals surface area contributed by atoms with E-state index in [0.717, 1.165) is 5.56 Å². The SMILES string of the molecule is Cc1cc(C)c(/N=C(/c2cc(C(F)(F)F)cc(C(F)(F)F)c2)N2C=NCCC2)c(Cl)c1. The Labute approximate surface area is 180 Å². The summed E-state index contributed by atoms with van der Waals surface area (Å²) in [5, 5.41) is 0.243. The predicted octanol–water partition coefficient (Wildman–Crippen LogP) is 6.81. The van der Waals surface area contributed by atoms with Crippen LogP contribution in [-0.2, 0) is 12.4 Å². The van der Waals surface area contributed by atoms with Crippen molar-refractivity contribution in [2.75, 3.05) is 13.1 Å². The molecule has 0 radical (unpaired) electrons. The number of aliphatic imine (C=N–C) groups is 2. The highest BCUT2D eigenvalue weighted by Crippen LogP contribution is 2.37. The molecule has 3 nitrogen and oxygen atoms in total. The van der Waals surface area contributed by atoms with Gasteiger partial charge in [0.2, 0.25) is 0 Å². The highest BCUT2D eigenvalue weighted by atomic mass is 35.5. The third-order valence-electron chi connectivity index (χ3n) is 4.64. The fraction of sp³-hybridized carbons (Fsp3) is 0.333. The fourth-order valence-corrected chi connectivity index (χ4v) is 3.60. The summed E-state index contributed by atoms with van der Waals surface area (Å²) in [6.07, 6.45) is -7.99. The Balaban J connectivity index is 2.28. The first-order valence-electron chi connectivity index (χ1n) is 9.28. The van der Waals surface area contributed by atoms with Crippen molar-refractivity contribution in [2.24, 2.45) is 9.98 Å². The van der Waals surface area contributed by atoms with Gasteiger partial charge in [-0.3, -0.25) is 4.99 Å². The van der Waals surface area contributed by atoms with E-state index >= 15 is 0 Å². The van der Waals surface area contributed by atoms with Crippen LogP contribution in [-0.4, -0.2) is 30.2 Å². The molecule has 0 unspecified atom stereocenters. The molecule has 0 bridgehead atoms. The van der Waals surface area contributed by atoms with Gasteiger partial charge in [-0.1, -0.05) is 17.7 Å². The summed E-state index contributed by atoms with van der Waals surface area (Å²) in [6, 6.07) is 4.82. The molecule has 0 spiro atoms. The molecule has 31 heavy (non-hydrogen) atoms. The predicted molar refractivity (Wildman–Crippen MR) is 108 cm³/mol. The van der Waals surface area contributed by atoms with Gasteiger partial charge < -0.3 is 4.90 Å². The highest BCUT2D eigenvalue weighted by molar-refractivity contribution is 6.33. The molecule has 1 aliphatic heterocycles. The van der Waals surface area contributed by atoms with Gasteiger partial charge in [0, 0.05) is 18.7 Å². The Morgan fingerprint density at radius 1 is 0.968 bits per heavy atom. The Hall–Kier alpha value is -2.55. The second-order valence-electron chi connectivity index (χ2n) is 7.21. The molecule has 0 saturated heterocycles. The first-order valence-corrected chi connectivity index (χ1v) is 9.66. The Morgan fingerprint density at radius 3 is 2.06 bits per heavy atom. The van der Waals surface area contributed by atoms with E-state index in [2.05, 4.69) is 9.98 Å². The van der Waals surface area contributed by atoms with Gasteiger partial charge in [0.25, 0.3) is 0 Å². The van der Waals surface area contributed by atoms with Crippen molar-refractivity contribution in [3.8, 4) is 0 Å². The summed E-state index contributed by atoms with van der Waals surface area (Å²) in [4.78, 5) is 9.95. The third-order valence-corrected chi connectivity index (χ3v) is 4.93. The van der Waals surface area contributed by atoms with Crippen LogP contribution in [0.15, 0.2) is 40.3 Å². The zero-order valence-corrected chi connectivity index (χ0v) is 17.3. The number of amidine groups is 1. The van der Waals surface area contributed by atoms with Gasteiger partial charge in [-0.15, -0.1) is 0 Å². The summed E-state index contributed by atoms with van der Waals surface area (Å²) in [5.74, 6) is -0.0890. The maximum absolute atomic E-state index is 13.4. The van der Waals surface area contributed by atoms with Crippen molar-refractivity contribution in [2.45, 2.75) is 32.6 Å². The van der Waals surface area contributed by atoms with Gasteiger partial charge >= 0.3 is 12.4 Å². The third kappa shape index (κ3) is 5.39. The van der Waals surface area contributed by atoms with Crippen LogP contribution in [0.1, 0.15) is 34.2 Å². The van der Waals surface area contributed by atoms with E-state index in [0.29, 0.717) is 37.2 Å². The van der Waals surface area contributed by atoms with Crippen LogP contribution in [0.3, 0.4) is 0 Å². The van der Waals surface area contributed by atoms with E-state index in [-0.39, 0.29) is 28.2 Å². The average molecular weight is 462 g/mol. The zero-order chi connectivity index (χ0) is 23.0. The van der Waals surface area contributed by atoms with Gasteiger partial charge in [0.1, 0.15) is 5.84 Å². The lowest BCUT2D eigenvalue weighted by molar-refractivity contribution is -0.143. The normalized spacial score (nSPS) is 15.5. The van der Waals surface area contributed by atoms with Crippen molar-refractivity contribution < 1.29 is 26.3 Å². The Kier molecular flexibility index (Phi) is 6.36. The first kappa shape index (κ1) is 23.1. The molecule has 1 heterocycles. The van der Waals surface area contributed by atoms with E-state index in [9.17, 15) is 26.3 Å². The molecule has 0 amide bonds. The lowest BCUT2D eigenvalue weighted by Crippen LogP contribution is -2.34. The minimum absolute atomic E-state index is 0.0890. The second kappa shape index (κ2) is 8.53. The molecule has 1 aliphatic rings.